The van der Waals surface area contributed by atoms with Crippen molar-refractivity contribution in [2.75, 3.05) is 27.4 Å². The van der Waals surface area contributed by atoms with Crippen molar-refractivity contribution in [2.24, 2.45) is 0 Å². The molecule has 30 heavy (non-hydrogen) atoms. The van der Waals surface area contributed by atoms with Crippen LogP contribution >= 0.6 is 11.6 Å². The number of methoxy groups -OCH3 is 2. The third-order valence-corrected chi connectivity index (χ3v) is 5.36. The quantitative estimate of drug-likeness (QED) is 0.368. The molecule has 1 amide bonds. The number of H-pyrrole nitrogens is 1. The van der Waals surface area contributed by atoms with Crippen LogP contribution in [0.2, 0.25) is 5.02 Å². The molecule has 1 atom stereocenters. The van der Waals surface area contributed by atoms with Gasteiger partial charge in [-0.2, -0.15) is 0 Å². The third-order valence-electron chi connectivity index (χ3n) is 5.03. The van der Waals surface area contributed by atoms with Crippen LogP contribution in [0.25, 0.3) is 0 Å². The highest BCUT2D eigenvalue weighted by atomic mass is 35.5. The Morgan fingerprint density at radius 2 is 1.83 bits per heavy atom. The van der Waals surface area contributed by atoms with Crippen molar-refractivity contribution in [2.45, 2.75) is 33.2 Å². The molecule has 1 N–H and O–H groups in total. The number of aromatic amines is 1. The summed E-state index contributed by atoms with van der Waals surface area (Å²) in [6.45, 7) is 5.83. The zero-order valence-corrected chi connectivity index (χ0v) is 18.6. The summed E-state index contributed by atoms with van der Waals surface area (Å²) in [4.78, 5) is 43.0. The van der Waals surface area contributed by atoms with Gasteiger partial charge in [0.25, 0.3) is 5.91 Å². The van der Waals surface area contributed by atoms with Gasteiger partial charge >= 0.3 is 5.97 Å². The van der Waals surface area contributed by atoms with E-state index in [2.05, 4.69) is 4.98 Å². The second kappa shape index (κ2) is 10.4. The van der Waals surface area contributed by atoms with Crippen LogP contribution in [0.15, 0.2) is 24.3 Å². The number of ether oxygens (including phenoxy) is 2. The maximum atomic E-state index is 13.4. The number of amides is 1. The zero-order chi connectivity index (χ0) is 22.4. The highest BCUT2D eigenvalue weighted by Gasteiger charge is 2.32. The summed E-state index contributed by atoms with van der Waals surface area (Å²) >= 11 is 6.22. The summed E-state index contributed by atoms with van der Waals surface area (Å²) in [6.07, 6.45) is 0.558. The Morgan fingerprint density at radius 3 is 2.43 bits per heavy atom. The highest BCUT2D eigenvalue weighted by molar-refractivity contribution is 6.33. The zero-order valence-electron chi connectivity index (χ0n) is 17.9. The molecule has 8 heteroatoms. The van der Waals surface area contributed by atoms with Gasteiger partial charge in [-0.3, -0.25) is 9.59 Å². The fraction of sp³-hybridized carbons (Fsp3) is 0.409. The van der Waals surface area contributed by atoms with E-state index in [1.807, 2.05) is 0 Å². The van der Waals surface area contributed by atoms with Gasteiger partial charge in [0.15, 0.2) is 5.78 Å². The minimum Gasteiger partial charge on any atom is -0.464 e. The molecule has 2 rings (SSSR count). The number of Topliss-reactive ketones (excluding diaryl/α,β-unsaturated/α-hetero) is 1. The number of carbonyl (C=O) groups is 3. The number of hydrogen-bond donors (Lipinski definition) is 1. The van der Waals surface area contributed by atoms with Crippen molar-refractivity contribution in [3.8, 4) is 0 Å². The maximum absolute atomic E-state index is 13.4. The molecule has 7 nitrogen and oxygen atoms in total. The van der Waals surface area contributed by atoms with Crippen LogP contribution in [0.4, 0.5) is 0 Å². The van der Waals surface area contributed by atoms with Gasteiger partial charge in [-0.05, 0) is 44.9 Å². The van der Waals surface area contributed by atoms with E-state index in [4.69, 9.17) is 21.1 Å². The van der Waals surface area contributed by atoms with Gasteiger partial charge < -0.3 is 19.4 Å². The minimum absolute atomic E-state index is 0.230. The van der Waals surface area contributed by atoms with Gasteiger partial charge in [0.2, 0.25) is 0 Å². The Morgan fingerprint density at radius 1 is 1.17 bits per heavy atom. The van der Waals surface area contributed by atoms with E-state index in [0.29, 0.717) is 47.0 Å². The number of esters is 1. The average molecular weight is 435 g/mol. The lowest BCUT2D eigenvalue weighted by Gasteiger charge is -2.29. The second-order valence-electron chi connectivity index (χ2n) is 6.98. The highest BCUT2D eigenvalue weighted by Crippen LogP contribution is 2.24. The third kappa shape index (κ3) is 4.91. The van der Waals surface area contributed by atoms with E-state index in [0.717, 1.165) is 0 Å². The number of nitrogens with one attached hydrogen (secondary N) is 1. The van der Waals surface area contributed by atoms with Crippen molar-refractivity contribution in [1.82, 2.24) is 9.88 Å². The van der Waals surface area contributed by atoms with Crippen LogP contribution in [0, 0.1) is 13.8 Å². The van der Waals surface area contributed by atoms with Gasteiger partial charge in [0.05, 0.1) is 23.7 Å². The minimum atomic E-state index is -0.774. The molecule has 0 saturated carbocycles. The number of hydrogen-bond acceptors (Lipinski definition) is 5. The van der Waals surface area contributed by atoms with Crippen LogP contribution in [0.1, 0.15) is 55.8 Å². The molecule has 0 spiro atoms. The second-order valence-corrected chi connectivity index (χ2v) is 7.39. The van der Waals surface area contributed by atoms with Crippen LogP contribution in [0.5, 0.6) is 0 Å². The molecular weight excluding hydrogens is 408 g/mol. The van der Waals surface area contributed by atoms with E-state index >= 15 is 0 Å². The van der Waals surface area contributed by atoms with Gasteiger partial charge in [-0.1, -0.05) is 23.7 Å². The van der Waals surface area contributed by atoms with Crippen LogP contribution < -0.4 is 0 Å². The van der Waals surface area contributed by atoms with Crippen LogP contribution in [0.3, 0.4) is 0 Å². The predicted molar refractivity (Wildman–Crippen MR) is 114 cm³/mol. The summed E-state index contributed by atoms with van der Waals surface area (Å²) < 4.78 is 9.87. The molecule has 0 saturated heterocycles. The summed E-state index contributed by atoms with van der Waals surface area (Å²) in [5.74, 6) is -1.16. The normalized spacial score (nSPS) is 11.8. The summed E-state index contributed by atoms with van der Waals surface area (Å²) in [5, 5.41) is 0.320. The van der Waals surface area contributed by atoms with Crippen LogP contribution in [-0.2, 0) is 9.47 Å². The SMILES string of the molecule is COCCCN(C(=O)c1ccccc1Cl)C(C)C(=O)c1c(C)[nH]c(C(=O)OC)c1C. The fourth-order valence-corrected chi connectivity index (χ4v) is 3.63. The summed E-state index contributed by atoms with van der Waals surface area (Å²) in [5.41, 5.74) is 1.99. The van der Waals surface area contributed by atoms with Crippen LogP contribution in [-0.4, -0.2) is 61.0 Å². The molecule has 0 aliphatic rings. The maximum Gasteiger partial charge on any atom is 0.354 e. The van der Waals surface area contributed by atoms with Gasteiger partial charge in [-0.15, -0.1) is 0 Å². The van der Waals surface area contributed by atoms with E-state index in [-0.39, 0.29) is 17.4 Å². The van der Waals surface area contributed by atoms with Gasteiger partial charge in [-0.25, -0.2) is 4.79 Å². The van der Waals surface area contributed by atoms with Crippen molar-refractivity contribution < 1.29 is 23.9 Å². The topological polar surface area (TPSA) is 88.7 Å². The summed E-state index contributed by atoms with van der Waals surface area (Å²) in [6, 6.07) is 5.96. The number of aromatic nitrogens is 1. The van der Waals surface area contributed by atoms with E-state index in [1.165, 1.54) is 12.0 Å². The molecule has 2 aromatic rings. The molecule has 0 bridgehead atoms. The van der Waals surface area contributed by atoms with Crippen molar-refractivity contribution >= 4 is 29.3 Å². The van der Waals surface area contributed by atoms with E-state index in [9.17, 15) is 14.4 Å². The molecule has 1 heterocycles. The average Bonchev–Trinajstić information content (AvgIpc) is 3.03. The Balaban J connectivity index is 2.40. The van der Waals surface area contributed by atoms with Gasteiger partial charge in [0, 0.05) is 31.5 Å². The first-order chi connectivity index (χ1) is 14.2. The standard InChI is InChI=1S/C22H27ClN2O5/c1-13-18(14(2)24-19(13)22(28)30-5)20(26)15(3)25(11-8-12-29-4)21(27)16-9-6-7-10-17(16)23/h6-7,9-10,15,24H,8,11-12H2,1-5H3. The number of rotatable bonds is 9. The molecule has 0 radical (unpaired) electrons. The molecule has 0 aliphatic heterocycles. The Kier molecular flexibility index (Phi) is 8.20. The number of carbonyl (C=O) groups excluding carboxylic acids is 3. The number of benzene rings is 1. The predicted octanol–water partition coefficient (Wildman–Crippen LogP) is 3.82. The first kappa shape index (κ1) is 23.6. The molecular formula is C22H27ClN2O5. The molecule has 1 unspecified atom stereocenters. The van der Waals surface area contributed by atoms with Crippen molar-refractivity contribution in [3.05, 3.63) is 57.4 Å². The molecule has 162 valence electrons. The van der Waals surface area contributed by atoms with Crippen molar-refractivity contribution in [3.63, 3.8) is 0 Å². The largest absolute Gasteiger partial charge is 0.464 e. The van der Waals surface area contributed by atoms with Gasteiger partial charge in [0.1, 0.15) is 5.69 Å². The molecule has 1 aromatic carbocycles. The number of ketones is 1. The monoisotopic (exact) mass is 434 g/mol. The number of halogens is 1. The van der Waals surface area contributed by atoms with E-state index < -0.39 is 12.0 Å². The van der Waals surface area contributed by atoms with E-state index in [1.54, 1.807) is 52.1 Å². The lowest BCUT2D eigenvalue weighted by molar-refractivity contribution is 0.0591. The number of aryl methyl sites for hydroxylation is 1. The first-order valence-corrected chi connectivity index (χ1v) is 9.98. The smallest absolute Gasteiger partial charge is 0.354 e. The lowest BCUT2D eigenvalue weighted by atomic mass is 9.99. The lowest BCUT2D eigenvalue weighted by Crippen LogP contribution is -2.44. The first-order valence-electron chi connectivity index (χ1n) is 9.60. The Hall–Kier alpha value is -2.64. The van der Waals surface area contributed by atoms with Crippen molar-refractivity contribution in [1.29, 1.82) is 0 Å². The number of nitrogens with zero attached hydrogens (tertiary/aromatic N) is 1. The molecule has 0 aliphatic carbocycles. The molecule has 1 aromatic heterocycles. The Labute approximate surface area is 181 Å². The summed E-state index contributed by atoms with van der Waals surface area (Å²) in [7, 11) is 2.86. The molecule has 0 fully saturated rings. The Bertz CT molecular complexity index is 938. The fourth-order valence-electron chi connectivity index (χ4n) is 3.42.